The van der Waals surface area contributed by atoms with E-state index in [-0.39, 0.29) is 39.5 Å². The summed E-state index contributed by atoms with van der Waals surface area (Å²) < 4.78 is 58.8. The van der Waals surface area contributed by atoms with Crippen LogP contribution in [0.4, 0.5) is 29.3 Å². The number of amides is 2. The quantitative estimate of drug-likeness (QED) is 0.209. The van der Waals surface area contributed by atoms with Gasteiger partial charge in [0.15, 0.2) is 5.75 Å². The molecule has 0 unspecified atom stereocenters. The number of rotatable bonds is 7. The highest BCUT2D eigenvalue weighted by atomic mass is 35.5. The van der Waals surface area contributed by atoms with Gasteiger partial charge in [-0.15, -0.1) is 0 Å². The van der Waals surface area contributed by atoms with E-state index in [1.807, 2.05) is 0 Å². The van der Waals surface area contributed by atoms with Crippen LogP contribution in [0.2, 0.25) is 15.1 Å². The third-order valence-electron chi connectivity index (χ3n) is 3.72. The third kappa shape index (κ3) is 9.23. The van der Waals surface area contributed by atoms with Gasteiger partial charge in [-0.2, -0.15) is 13.2 Å². The molecule has 2 rings (SSSR count). The average molecular weight is 582 g/mol. The van der Waals surface area contributed by atoms with E-state index >= 15 is 0 Å². The highest BCUT2D eigenvalue weighted by molar-refractivity contribution is 7.89. The van der Waals surface area contributed by atoms with E-state index in [4.69, 9.17) is 50.4 Å². The van der Waals surface area contributed by atoms with Crippen molar-refractivity contribution >= 4 is 68.2 Å². The van der Waals surface area contributed by atoms with Gasteiger partial charge in [0.1, 0.15) is 4.90 Å². The standard InChI is InChI=1S/C16H17Cl3N4O4S.C2HF3O2/c17-9-3-1-4-11(13(9)19)22-16(25)23-12-6-5-10(18)15(14(12)24)28(26,27)21-8-2-7-20;3-2(4,5)1(6)7/h1,3-6,21,24H,2,7-8,20H2,(H2,22,23,25);(H,6,7). The van der Waals surface area contributed by atoms with Crippen molar-refractivity contribution in [2.24, 2.45) is 5.73 Å². The number of phenols is 1. The normalized spacial score (nSPS) is 11.3. The second kappa shape index (κ2) is 13.0. The zero-order valence-electron chi connectivity index (χ0n) is 17.3. The van der Waals surface area contributed by atoms with E-state index in [1.165, 1.54) is 18.2 Å². The first-order valence-electron chi connectivity index (χ1n) is 9.15. The van der Waals surface area contributed by atoms with E-state index in [1.54, 1.807) is 12.1 Å². The second-order valence-corrected chi connectivity index (χ2v) is 9.19. The summed E-state index contributed by atoms with van der Waals surface area (Å²) in [4.78, 5) is 20.6. The molecule has 7 N–H and O–H groups in total. The fourth-order valence-corrected chi connectivity index (χ4v) is 4.21. The molecule has 0 aliphatic heterocycles. The molecule has 0 bridgehead atoms. The Morgan fingerprint density at radius 3 is 2.11 bits per heavy atom. The SMILES string of the molecule is NCCCNS(=O)(=O)c1c(Cl)ccc(NC(=O)Nc2cccc(Cl)c2Cl)c1O.O=C(O)C(F)(F)F. The Labute approximate surface area is 212 Å². The first kappa shape index (κ1) is 30.5. The molecule has 0 heterocycles. The minimum absolute atomic E-state index is 0.0695. The number of hydrogen-bond acceptors (Lipinski definition) is 6. The summed E-state index contributed by atoms with van der Waals surface area (Å²) in [5, 5.41) is 22.4. The molecule has 10 nitrogen and oxygen atoms in total. The van der Waals surface area contributed by atoms with Crippen molar-refractivity contribution in [3.05, 3.63) is 45.4 Å². The number of carbonyl (C=O) groups is 2. The van der Waals surface area contributed by atoms with Gasteiger partial charge in [0.25, 0.3) is 0 Å². The second-order valence-electron chi connectivity index (χ2n) is 6.30. The van der Waals surface area contributed by atoms with Crippen LogP contribution < -0.4 is 21.1 Å². The highest BCUT2D eigenvalue weighted by Crippen LogP contribution is 2.37. The maximum atomic E-state index is 12.4. The van der Waals surface area contributed by atoms with Gasteiger partial charge >= 0.3 is 18.2 Å². The van der Waals surface area contributed by atoms with Gasteiger partial charge in [-0.3, -0.25) is 0 Å². The molecule has 2 aromatic carbocycles. The van der Waals surface area contributed by atoms with Crippen molar-refractivity contribution in [3.63, 3.8) is 0 Å². The number of carboxylic acids is 1. The first-order chi connectivity index (χ1) is 16.1. The summed E-state index contributed by atoms with van der Waals surface area (Å²) in [6.07, 6.45) is -4.68. The molecule has 0 aromatic heterocycles. The molecular formula is C18H18Cl3F3N4O6S. The number of carbonyl (C=O) groups excluding carboxylic acids is 1. The molecule has 35 heavy (non-hydrogen) atoms. The number of nitrogens with two attached hydrogens (primary N) is 1. The van der Waals surface area contributed by atoms with Gasteiger partial charge in [0, 0.05) is 6.54 Å². The lowest BCUT2D eigenvalue weighted by Crippen LogP contribution is -2.27. The van der Waals surface area contributed by atoms with E-state index < -0.39 is 38.8 Å². The Morgan fingerprint density at radius 1 is 1.00 bits per heavy atom. The molecule has 0 atom stereocenters. The van der Waals surface area contributed by atoms with Crippen LogP contribution in [0, 0.1) is 0 Å². The lowest BCUT2D eigenvalue weighted by molar-refractivity contribution is -0.192. The van der Waals surface area contributed by atoms with Crippen LogP contribution >= 0.6 is 34.8 Å². The number of anilines is 2. The number of alkyl halides is 3. The topological polar surface area (TPSA) is 171 Å². The zero-order chi connectivity index (χ0) is 27.0. The fourth-order valence-electron chi connectivity index (χ4n) is 2.16. The molecule has 0 aliphatic rings. The third-order valence-corrected chi connectivity index (χ3v) is 6.50. The molecule has 0 aliphatic carbocycles. The number of hydrogen-bond donors (Lipinski definition) is 6. The number of sulfonamides is 1. The summed E-state index contributed by atoms with van der Waals surface area (Å²) in [5.74, 6) is -3.47. The van der Waals surface area contributed by atoms with E-state index in [0.29, 0.717) is 6.42 Å². The summed E-state index contributed by atoms with van der Waals surface area (Å²) >= 11 is 17.8. The van der Waals surface area contributed by atoms with Crippen LogP contribution in [0.3, 0.4) is 0 Å². The fraction of sp³-hybridized carbons (Fsp3) is 0.222. The van der Waals surface area contributed by atoms with Crippen LogP contribution in [0.1, 0.15) is 6.42 Å². The Balaban J connectivity index is 0.000000762. The van der Waals surface area contributed by atoms with Gasteiger partial charge in [0.05, 0.1) is 26.4 Å². The number of halogens is 6. The number of phenolic OH excluding ortho intramolecular Hbond substituents is 1. The van der Waals surface area contributed by atoms with Crippen LogP contribution in [0.25, 0.3) is 0 Å². The minimum atomic E-state index is -5.08. The maximum absolute atomic E-state index is 12.4. The van der Waals surface area contributed by atoms with Crippen molar-refractivity contribution in [3.8, 4) is 5.75 Å². The van der Waals surface area contributed by atoms with Gasteiger partial charge in [-0.25, -0.2) is 22.7 Å². The van der Waals surface area contributed by atoms with E-state index in [0.717, 1.165) is 0 Å². The number of aromatic hydroxyl groups is 1. The van der Waals surface area contributed by atoms with Gasteiger partial charge in [-0.1, -0.05) is 40.9 Å². The van der Waals surface area contributed by atoms with E-state index in [9.17, 15) is 31.5 Å². The largest absolute Gasteiger partial charge is 0.504 e. The van der Waals surface area contributed by atoms with Crippen molar-refractivity contribution < 1.29 is 41.4 Å². The van der Waals surface area contributed by atoms with Gasteiger partial charge in [-0.05, 0) is 37.2 Å². The predicted molar refractivity (Wildman–Crippen MR) is 125 cm³/mol. The Kier molecular flexibility index (Phi) is 11.3. The number of carboxylic acid groups (broad SMARTS) is 1. The molecule has 17 heteroatoms. The maximum Gasteiger partial charge on any atom is 0.490 e. The zero-order valence-corrected chi connectivity index (χ0v) is 20.4. The van der Waals surface area contributed by atoms with Crippen LogP contribution in [0.15, 0.2) is 35.2 Å². The lowest BCUT2D eigenvalue weighted by Gasteiger charge is -2.14. The lowest BCUT2D eigenvalue weighted by atomic mass is 10.3. The summed E-state index contributed by atoms with van der Waals surface area (Å²) in [5.41, 5.74) is 5.40. The van der Waals surface area contributed by atoms with Crippen molar-refractivity contribution in [1.82, 2.24) is 4.72 Å². The number of benzene rings is 2. The monoisotopic (exact) mass is 580 g/mol. The number of nitrogens with one attached hydrogen (secondary N) is 3. The molecule has 0 saturated carbocycles. The molecule has 0 radical (unpaired) electrons. The summed E-state index contributed by atoms with van der Waals surface area (Å²) in [6, 6.07) is 6.37. The predicted octanol–water partition coefficient (Wildman–Crippen LogP) is 4.26. The Bertz CT molecular complexity index is 1180. The van der Waals surface area contributed by atoms with E-state index in [2.05, 4.69) is 15.4 Å². The molecule has 0 spiro atoms. The smallest absolute Gasteiger partial charge is 0.490 e. The van der Waals surface area contributed by atoms with Crippen LogP contribution in [-0.4, -0.2) is 49.9 Å². The molecule has 2 amide bonds. The average Bonchev–Trinajstić information content (AvgIpc) is 2.73. The highest BCUT2D eigenvalue weighted by Gasteiger charge is 2.38. The number of urea groups is 1. The van der Waals surface area contributed by atoms with Crippen molar-refractivity contribution in [2.45, 2.75) is 17.5 Å². The molecule has 0 saturated heterocycles. The van der Waals surface area contributed by atoms with Crippen molar-refractivity contribution in [1.29, 1.82) is 0 Å². The van der Waals surface area contributed by atoms with Crippen molar-refractivity contribution in [2.75, 3.05) is 23.7 Å². The first-order valence-corrected chi connectivity index (χ1v) is 11.8. The van der Waals surface area contributed by atoms with Gasteiger partial charge in [0.2, 0.25) is 10.0 Å². The number of aliphatic carboxylic acids is 1. The van der Waals surface area contributed by atoms with Gasteiger partial charge < -0.3 is 26.6 Å². The minimum Gasteiger partial charge on any atom is -0.504 e. The molecule has 0 fully saturated rings. The molecule has 194 valence electrons. The Morgan fingerprint density at radius 2 is 1.57 bits per heavy atom. The Hall–Kier alpha value is -2.49. The van der Waals surface area contributed by atoms with Crippen LogP contribution in [-0.2, 0) is 14.8 Å². The molecule has 2 aromatic rings. The van der Waals surface area contributed by atoms with Crippen LogP contribution in [0.5, 0.6) is 5.75 Å². The summed E-state index contributed by atoms with van der Waals surface area (Å²) in [6.45, 7) is 0.357. The summed E-state index contributed by atoms with van der Waals surface area (Å²) in [7, 11) is -4.12. The molecular weight excluding hydrogens is 564 g/mol.